The Morgan fingerprint density at radius 2 is 1.33 bits per heavy atom. The van der Waals surface area contributed by atoms with Crippen molar-refractivity contribution in [1.29, 1.82) is 5.41 Å². The fourth-order valence-electron chi connectivity index (χ4n) is 3.31. The van der Waals surface area contributed by atoms with Crippen LogP contribution in [-0.2, 0) is 0 Å². The maximum atomic E-state index is 8.68. The molecule has 27 heavy (non-hydrogen) atoms. The molecular weight excluding hydrogens is 330 g/mol. The number of hydrogen-bond donors (Lipinski definition) is 1. The van der Waals surface area contributed by atoms with Crippen LogP contribution in [0.1, 0.15) is 11.1 Å². The van der Waals surface area contributed by atoms with Gasteiger partial charge < -0.3 is 4.90 Å². The molecule has 0 aliphatic carbocycles. The maximum Gasteiger partial charge on any atom is 0.0978 e. The minimum atomic E-state index is 0.420. The van der Waals surface area contributed by atoms with Crippen LogP contribution < -0.4 is 4.90 Å². The van der Waals surface area contributed by atoms with E-state index in [2.05, 4.69) is 28.7 Å². The Kier molecular flexibility index (Phi) is 4.50. The van der Waals surface area contributed by atoms with Crippen LogP contribution >= 0.6 is 0 Å². The standard InChI is InChI=1S/C24H19N3/c1-26-23(19-13-7-3-8-14-19)24-21(25)17-22(18-11-5-2-6-12-18)27(24)20-15-9-4-10-16-20/h2-17,25H,1H2/b24-23+,25-21?. The second kappa shape index (κ2) is 7.26. The molecule has 0 fully saturated rings. The Hall–Kier alpha value is -3.72. The first-order valence-electron chi connectivity index (χ1n) is 8.77. The van der Waals surface area contributed by atoms with Gasteiger partial charge in [0.05, 0.1) is 22.8 Å². The summed E-state index contributed by atoms with van der Waals surface area (Å²) >= 11 is 0. The third-order valence-electron chi connectivity index (χ3n) is 4.51. The average Bonchev–Trinajstić information content (AvgIpc) is 3.08. The first kappa shape index (κ1) is 16.7. The van der Waals surface area contributed by atoms with Gasteiger partial charge in [-0.05, 0) is 30.5 Å². The lowest BCUT2D eigenvalue weighted by Crippen LogP contribution is -2.20. The van der Waals surface area contributed by atoms with Crippen molar-refractivity contribution in [3.8, 4) is 0 Å². The van der Waals surface area contributed by atoms with Gasteiger partial charge in [-0.3, -0.25) is 10.4 Å². The van der Waals surface area contributed by atoms with E-state index in [0.717, 1.165) is 28.2 Å². The van der Waals surface area contributed by atoms with E-state index in [9.17, 15) is 0 Å². The number of anilines is 1. The van der Waals surface area contributed by atoms with Gasteiger partial charge in [-0.15, -0.1) is 0 Å². The van der Waals surface area contributed by atoms with Crippen molar-refractivity contribution in [1.82, 2.24) is 0 Å². The number of para-hydroxylation sites is 1. The minimum Gasteiger partial charge on any atom is -0.306 e. The molecule has 0 saturated carbocycles. The van der Waals surface area contributed by atoms with Gasteiger partial charge in [0.1, 0.15) is 0 Å². The summed E-state index contributed by atoms with van der Waals surface area (Å²) in [5.74, 6) is 0. The second-order valence-corrected chi connectivity index (χ2v) is 6.20. The summed E-state index contributed by atoms with van der Waals surface area (Å²) in [7, 11) is 0. The van der Waals surface area contributed by atoms with Gasteiger partial charge in [-0.2, -0.15) is 0 Å². The van der Waals surface area contributed by atoms with Crippen LogP contribution in [0.3, 0.4) is 0 Å². The average molecular weight is 349 g/mol. The van der Waals surface area contributed by atoms with Gasteiger partial charge in [0.15, 0.2) is 0 Å². The number of nitrogens with zero attached hydrogens (tertiary/aromatic N) is 2. The molecule has 1 heterocycles. The molecule has 1 aliphatic rings. The van der Waals surface area contributed by atoms with E-state index in [1.807, 2.05) is 84.9 Å². The molecule has 3 aromatic rings. The van der Waals surface area contributed by atoms with E-state index in [-0.39, 0.29) is 0 Å². The first-order chi connectivity index (χ1) is 13.3. The fourth-order valence-corrected chi connectivity index (χ4v) is 3.31. The summed E-state index contributed by atoms with van der Waals surface area (Å²) in [5, 5.41) is 8.68. The Balaban J connectivity index is 1.95. The highest BCUT2D eigenvalue weighted by atomic mass is 15.2. The quantitative estimate of drug-likeness (QED) is 0.609. The summed E-state index contributed by atoms with van der Waals surface area (Å²) < 4.78 is 0. The molecule has 0 amide bonds. The monoisotopic (exact) mass is 349 g/mol. The van der Waals surface area contributed by atoms with Crippen LogP contribution in [-0.4, -0.2) is 12.4 Å². The van der Waals surface area contributed by atoms with Crippen molar-refractivity contribution in [2.24, 2.45) is 4.99 Å². The van der Waals surface area contributed by atoms with E-state index in [1.54, 1.807) is 0 Å². The van der Waals surface area contributed by atoms with Crippen LogP contribution in [0.15, 0.2) is 108 Å². The molecule has 0 atom stereocenters. The highest BCUT2D eigenvalue weighted by molar-refractivity contribution is 6.24. The minimum absolute atomic E-state index is 0.420. The molecule has 1 N–H and O–H groups in total. The molecular formula is C24H19N3. The van der Waals surface area contributed by atoms with Crippen molar-refractivity contribution >= 4 is 29.5 Å². The van der Waals surface area contributed by atoms with E-state index in [1.165, 1.54) is 0 Å². The fraction of sp³-hybridized carbons (Fsp3) is 0. The molecule has 3 nitrogen and oxygen atoms in total. The van der Waals surface area contributed by atoms with Crippen LogP contribution in [0.5, 0.6) is 0 Å². The van der Waals surface area contributed by atoms with Crippen molar-refractivity contribution in [2.45, 2.75) is 0 Å². The normalized spacial score (nSPS) is 15.5. The van der Waals surface area contributed by atoms with Crippen LogP contribution in [0.4, 0.5) is 5.69 Å². The van der Waals surface area contributed by atoms with Gasteiger partial charge in [0.25, 0.3) is 0 Å². The number of hydrogen-bond acceptors (Lipinski definition) is 3. The summed E-state index contributed by atoms with van der Waals surface area (Å²) in [6, 6.07) is 30.1. The van der Waals surface area contributed by atoms with Crippen LogP contribution in [0.2, 0.25) is 0 Å². The van der Waals surface area contributed by atoms with Crippen molar-refractivity contribution in [3.05, 3.63) is 114 Å². The van der Waals surface area contributed by atoms with Gasteiger partial charge in [-0.25, -0.2) is 0 Å². The summed E-state index contributed by atoms with van der Waals surface area (Å²) in [6.07, 6.45) is 1.89. The molecule has 0 unspecified atom stereocenters. The number of nitrogens with one attached hydrogen (secondary N) is 1. The second-order valence-electron chi connectivity index (χ2n) is 6.20. The largest absolute Gasteiger partial charge is 0.306 e. The summed E-state index contributed by atoms with van der Waals surface area (Å²) in [4.78, 5) is 6.40. The maximum absolute atomic E-state index is 8.68. The highest BCUT2D eigenvalue weighted by Crippen LogP contribution is 2.39. The van der Waals surface area contributed by atoms with E-state index < -0.39 is 0 Å². The number of rotatable bonds is 4. The van der Waals surface area contributed by atoms with E-state index in [0.29, 0.717) is 11.4 Å². The third-order valence-corrected chi connectivity index (χ3v) is 4.51. The van der Waals surface area contributed by atoms with Crippen molar-refractivity contribution in [2.75, 3.05) is 4.90 Å². The predicted octanol–water partition coefficient (Wildman–Crippen LogP) is 5.64. The van der Waals surface area contributed by atoms with Gasteiger partial charge in [0.2, 0.25) is 0 Å². The van der Waals surface area contributed by atoms with E-state index in [4.69, 9.17) is 5.41 Å². The zero-order valence-corrected chi connectivity index (χ0v) is 14.8. The molecule has 3 aromatic carbocycles. The van der Waals surface area contributed by atoms with Gasteiger partial charge in [0, 0.05) is 11.3 Å². The Labute approximate surface area is 159 Å². The predicted molar refractivity (Wildman–Crippen MR) is 114 cm³/mol. The van der Waals surface area contributed by atoms with Gasteiger partial charge in [-0.1, -0.05) is 78.9 Å². The smallest absolute Gasteiger partial charge is 0.0978 e. The number of allylic oxidation sites excluding steroid dienone is 1. The van der Waals surface area contributed by atoms with Crippen LogP contribution in [0.25, 0.3) is 11.4 Å². The number of aliphatic imine (C=N–C) groups is 1. The van der Waals surface area contributed by atoms with Crippen molar-refractivity contribution < 1.29 is 0 Å². The lowest BCUT2D eigenvalue weighted by atomic mass is 10.1. The molecule has 0 spiro atoms. The Morgan fingerprint density at radius 3 is 1.93 bits per heavy atom. The van der Waals surface area contributed by atoms with E-state index >= 15 is 0 Å². The molecule has 4 rings (SSSR count). The molecule has 0 saturated heterocycles. The Bertz CT molecular complexity index is 1030. The lowest BCUT2D eigenvalue weighted by Gasteiger charge is -2.26. The first-order valence-corrected chi connectivity index (χ1v) is 8.77. The third kappa shape index (κ3) is 3.11. The Morgan fingerprint density at radius 1 is 0.778 bits per heavy atom. The summed E-state index contributed by atoms with van der Waals surface area (Å²) in [5.41, 5.74) is 5.80. The highest BCUT2D eigenvalue weighted by Gasteiger charge is 2.30. The summed E-state index contributed by atoms with van der Waals surface area (Å²) in [6.45, 7) is 3.79. The number of benzene rings is 3. The zero-order chi connectivity index (χ0) is 18.6. The zero-order valence-electron chi connectivity index (χ0n) is 14.8. The molecule has 0 bridgehead atoms. The SMILES string of the molecule is C=N/C(=C1\C(=N)C=C(c2ccccc2)N1c1ccccc1)c1ccccc1. The van der Waals surface area contributed by atoms with Crippen molar-refractivity contribution in [3.63, 3.8) is 0 Å². The lowest BCUT2D eigenvalue weighted by molar-refractivity contribution is 1.25. The molecule has 0 aromatic heterocycles. The molecule has 130 valence electrons. The molecule has 1 aliphatic heterocycles. The topological polar surface area (TPSA) is 39.5 Å². The molecule has 3 heteroatoms. The van der Waals surface area contributed by atoms with Crippen LogP contribution in [0, 0.1) is 5.41 Å². The molecule has 0 radical (unpaired) electrons. The van der Waals surface area contributed by atoms with Gasteiger partial charge >= 0.3 is 0 Å².